The van der Waals surface area contributed by atoms with E-state index in [0.717, 1.165) is 83.5 Å². The zero-order chi connectivity index (χ0) is 42.1. The molecule has 0 aliphatic heterocycles. The molecule has 0 aromatic carbocycles. The summed E-state index contributed by atoms with van der Waals surface area (Å²) in [5, 5.41) is 0. The number of likely N-dealkylation sites (N-methyl/N-ethyl adjacent to an activating group) is 1. The van der Waals surface area contributed by atoms with Gasteiger partial charge in [-0.15, -0.1) is 0 Å². The molecular formula is C47H83NO8P+. The summed E-state index contributed by atoms with van der Waals surface area (Å²) in [6.07, 6.45) is 48.1. The molecule has 0 heterocycles. The molecule has 0 spiro atoms. The number of carbonyl (C=O) groups excluding carboxylic acids is 2. The zero-order valence-corrected chi connectivity index (χ0v) is 37.7. The van der Waals surface area contributed by atoms with Gasteiger partial charge in [-0.2, -0.15) is 0 Å². The lowest BCUT2D eigenvalue weighted by Crippen LogP contribution is -2.37. The fourth-order valence-corrected chi connectivity index (χ4v) is 6.29. The van der Waals surface area contributed by atoms with E-state index in [2.05, 4.69) is 86.8 Å². The zero-order valence-electron chi connectivity index (χ0n) is 36.8. The Morgan fingerprint density at radius 2 is 1.00 bits per heavy atom. The quantitative estimate of drug-likeness (QED) is 0.0215. The van der Waals surface area contributed by atoms with Crippen LogP contribution in [-0.2, 0) is 32.7 Å². The summed E-state index contributed by atoms with van der Waals surface area (Å²) in [4.78, 5) is 35.3. The highest BCUT2D eigenvalue weighted by molar-refractivity contribution is 7.47. The molecule has 328 valence electrons. The Bertz CT molecular complexity index is 1200. The highest BCUT2D eigenvalue weighted by Crippen LogP contribution is 2.43. The van der Waals surface area contributed by atoms with Gasteiger partial charge >= 0.3 is 19.8 Å². The fraction of sp³-hybridized carbons (Fsp3) is 0.702. The first kappa shape index (κ1) is 54.5. The van der Waals surface area contributed by atoms with Gasteiger partial charge in [-0.1, -0.05) is 157 Å². The second-order valence-corrected chi connectivity index (χ2v) is 17.2. The van der Waals surface area contributed by atoms with Crippen molar-refractivity contribution in [3.63, 3.8) is 0 Å². The number of unbranched alkanes of at least 4 members (excludes halogenated alkanes) is 13. The summed E-state index contributed by atoms with van der Waals surface area (Å²) in [5.41, 5.74) is 0. The van der Waals surface area contributed by atoms with Crippen LogP contribution in [0.5, 0.6) is 0 Å². The molecule has 0 aliphatic carbocycles. The summed E-state index contributed by atoms with van der Waals surface area (Å²) in [6.45, 7) is 4.24. The SMILES string of the molecule is CC/C=C\C/C=C\C/C=C\C/C=C\C/C=C\C/C=C\CCCCCCC(=O)OC(COC(=O)CCCCCCCCCCCC)COP(=O)(O)OCC[N+](C)(C)C. The largest absolute Gasteiger partial charge is 0.472 e. The normalized spacial score (nSPS) is 14.3. The molecule has 2 atom stereocenters. The van der Waals surface area contributed by atoms with E-state index in [9.17, 15) is 19.0 Å². The number of hydrogen-bond donors (Lipinski definition) is 1. The molecule has 0 bridgehead atoms. The van der Waals surface area contributed by atoms with Crippen molar-refractivity contribution in [2.24, 2.45) is 0 Å². The van der Waals surface area contributed by atoms with Crippen molar-refractivity contribution >= 4 is 19.8 Å². The van der Waals surface area contributed by atoms with Crippen molar-refractivity contribution in [3.05, 3.63) is 72.9 Å². The standard InChI is InChI=1S/C47H82NO8P/c1-6-8-10-12-14-16-18-19-20-21-22-23-24-25-26-27-28-29-30-32-34-36-38-40-47(50)56-45(44-55-57(51,52)54-42-41-48(3,4)5)43-53-46(49)39-37-35-33-31-17-15-13-11-9-7-2/h8,10,14,16,19-20,22-23,25-26,28-29,45H,6-7,9,11-13,15,17-18,21,24,27,30-44H2,1-5H3/p+1/b10-8-,16-14-,20-19-,23-22-,26-25-,29-28-. The molecule has 0 aliphatic rings. The number of hydrogen-bond acceptors (Lipinski definition) is 7. The Labute approximate surface area is 348 Å². The number of rotatable bonds is 39. The number of quaternary nitrogens is 1. The van der Waals surface area contributed by atoms with Crippen LogP contribution >= 0.6 is 7.82 Å². The second-order valence-electron chi connectivity index (χ2n) is 15.7. The van der Waals surface area contributed by atoms with Crippen LogP contribution in [0.3, 0.4) is 0 Å². The maximum absolute atomic E-state index is 12.7. The van der Waals surface area contributed by atoms with E-state index in [0.29, 0.717) is 17.4 Å². The second kappa shape index (κ2) is 38.9. The Balaban J connectivity index is 4.37. The fourth-order valence-electron chi connectivity index (χ4n) is 5.55. The Morgan fingerprint density at radius 3 is 1.49 bits per heavy atom. The molecule has 9 nitrogen and oxygen atoms in total. The van der Waals surface area contributed by atoms with Gasteiger partial charge in [-0.25, -0.2) is 4.57 Å². The summed E-state index contributed by atoms with van der Waals surface area (Å²) in [7, 11) is 1.45. The minimum atomic E-state index is -4.38. The molecule has 0 aromatic rings. The Morgan fingerprint density at radius 1 is 0.561 bits per heavy atom. The first-order valence-electron chi connectivity index (χ1n) is 22.2. The van der Waals surface area contributed by atoms with Gasteiger partial charge in [0.25, 0.3) is 0 Å². The third-order valence-corrected chi connectivity index (χ3v) is 9.99. The molecule has 10 heteroatoms. The van der Waals surface area contributed by atoms with E-state index in [-0.39, 0.29) is 32.0 Å². The molecule has 0 rings (SSSR count). The van der Waals surface area contributed by atoms with Gasteiger partial charge in [-0.3, -0.25) is 18.6 Å². The molecule has 0 saturated heterocycles. The van der Waals surface area contributed by atoms with Gasteiger partial charge in [0.2, 0.25) is 0 Å². The summed E-state index contributed by atoms with van der Waals surface area (Å²) < 4.78 is 34.2. The van der Waals surface area contributed by atoms with Crippen LogP contribution in [0.1, 0.15) is 162 Å². The molecule has 2 unspecified atom stereocenters. The molecule has 0 saturated carbocycles. The lowest BCUT2D eigenvalue weighted by atomic mass is 10.1. The molecule has 1 N–H and O–H groups in total. The lowest BCUT2D eigenvalue weighted by Gasteiger charge is -2.24. The van der Waals surface area contributed by atoms with E-state index >= 15 is 0 Å². The molecule has 0 aromatic heterocycles. The topological polar surface area (TPSA) is 108 Å². The third kappa shape index (κ3) is 42.9. The van der Waals surface area contributed by atoms with Gasteiger partial charge in [0.05, 0.1) is 27.7 Å². The predicted octanol–water partition coefficient (Wildman–Crippen LogP) is 12.6. The molecule has 57 heavy (non-hydrogen) atoms. The highest BCUT2D eigenvalue weighted by Gasteiger charge is 2.27. The average Bonchev–Trinajstić information content (AvgIpc) is 3.16. The maximum Gasteiger partial charge on any atom is 0.472 e. The number of ether oxygens (including phenoxy) is 2. The minimum Gasteiger partial charge on any atom is -0.462 e. The third-order valence-electron chi connectivity index (χ3n) is 9.00. The monoisotopic (exact) mass is 821 g/mol. The van der Waals surface area contributed by atoms with Crippen LogP contribution in [0.2, 0.25) is 0 Å². The number of esters is 2. The van der Waals surface area contributed by atoms with E-state index in [4.69, 9.17) is 18.5 Å². The smallest absolute Gasteiger partial charge is 0.462 e. The first-order chi connectivity index (χ1) is 27.5. The van der Waals surface area contributed by atoms with E-state index in [1.807, 2.05) is 21.1 Å². The lowest BCUT2D eigenvalue weighted by molar-refractivity contribution is -0.870. The molecule has 0 radical (unpaired) electrons. The van der Waals surface area contributed by atoms with Gasteiger partial charge in [-0.05, 0) is 64.2 Å². The van der Waals surface area contributed by atoms with E-state index < -0.39 is 26.5 Å². The van der Waals surface area contributed by atoms with E-state index in [1.165, 1.54) is 44.9 Å². The molecule has 0 amide bonds. The molecule has 0 fully saturated rings. The predicted molar refractivity (Wildman–Crippen MR) is 238 cm³/mol. The van der Waals surface area contributed by atoms with Crippen LogP contribution in [-0.4, -0.2) is 74.9 Å². The number of allylic oxidation sites excluding steroid dienone is 12. The van der Waals surface area contributed by atoms with Crippen LogP contribution in [0.25, 0.3) is 0 Å². The highest BCUT2D eigenvalue weighted by atomic mass is 31.2. The number of phosphoric acid groups is 1. The van der Waals surface area contributed by atoms with Crippen molar-refractivity contribution in [1.82, 2.24) is 0 Å². The van der Waals surface area contributed by atoms with Crippen LogP contribution in [0.15, 0.2) is 72.9 Å². The minimum absolute atomic E-state index is 0.0235. The van der Waals surface area contributed by atoms with Crippen LogP contribution in [0.4, 0.5) is 0 Å². The first-order valence-corrected chi connectivity index (χ1v) is 23.7. The van der Waals surface area contributed by atoms with Gasteiger partial charge in [0, 0.05) is 12.8 Å². The number of phosphoric ester groups is 1. The average molecular weight is 821 g/mol. The number of nitrogens with zero attached hydrogens (tertiary/aromatic N) is 1. The van der Waals surface area contributed by atoms with Crippen molar-refractivity contribution in [2.45, 2.75) is 168 Å². The molecular weight excluding hydrogens is 737 g/mol. The van der Waals surface area contributed by atoms with Crippen molar-refractivity contribution in [1.29, 1.82) is 0 Å². The van der Waals surface area contributed by atoms with E-state index in [1.54, 1.807) is 0 Å². The van der Waals surface area contributed by atoms with Gasteiger partial charge in [0.1, 0.15) is 19.8 Å². The summed E-state index contributed by atoms with van der Waals surface area (Å²) in [5.74, 6) is -0.834. The van der Waals surface area contributed by atoms with Gasteiger partial charge < -0.3 is 18.9 Å². The van der Waals surface area contributed by atoms with Gasteiger partial charge in [0.15, 0.2) is 6.10 Å². The van der Waals surface area contributed by atoms with Crippen molar-refractivity contribution in [2.75, 3.05) is 47.5 Å². The number of carbonyl (C=O) groups is 2. The maximum atomic E-state index is 12.7. The summed E-state index contributed by atoms with van der Waals surface area (Å²) in [6, 6.07) is 0. The summed E-state index contributed by atoms with van der Waals surface area (Å²) >= 11 is 0. The Kier molecular flexibility index (Phi) is 37.2. The Hall–Kier alpha value is -2.55. The van der Waals surface area contributed by atoms with Crippen LogP contribution in [0, 0.1) is 0 Å². The van der Waals surface area contributed by atoms with Crippen LogP contribution < -0.4 is 0 Å². The van der Waals surface area contributed by atoms with Crippen molar-refractivity contribution < 1.29 is 42.1 Å². The van der Waals surface area contributed by atoms with Crippen molar-refractivity contribution in [3.8, 4) is 0 Å².